The maximum absolute atomic E-state index is 13.8. The van der Waals surface area contributed by atoms with Crippen LogP contribution in [0.1, 0.15) is 69.2 Å². The Morgan fingerprint density at radius 3 is 2.10 bits per heavy atom. The molecule has 0 bridgehead atoms. The first-order valence-electron chi connectivity index (χ1n) is 14.5. The fourth-order valence-corrected chi connectivity index (χ4v) is 6.17. The highest BCUT2D eigenvalue weighted by atomic mass is 32.1. The number of nitrogens with zero attached hydrogens (tertiary/aromatic N) is 1. The van der Waals surface area contributed by atoms with Gasteiger partial charge in [0.25, 0.3) is 17.7 Å². The van der Waals surface area contributed by atoms with Gasteiger partial charge in [-0.3, -0.25) is 14.4 Å². The van der Waals surface area contributed by atoms with Gasteiger partial charge in [0.05, 0.1) is 29.5 Å². The number of nitrogens with one attached hydrogen (secondary N) is 2. The monoisotopic (exact) mass is 697 g/mol. The fraction of sp³-hybridized carbons (Fsp3) is 0.303. The zero-order valence-corrected chi connectivity index (χ0v) is 27.1. The van der Waals surface area contributed by atoms with Crippen molar-refractivity contribution in [3.05, 3.63) is 87.5 Å². The molecule has 0 spiro atoms. The molecule has 1 saturated heterocycles. The number of anilines is 2. The van der Waals surface area contributed by atoms with Gasteiger partial charge < -0.3 is 20.3 Å². The molecule has 2 N–H and O–H groups in total. The quantitative estimate of drug-likeness (QED) is 0.197. The Morgan fingerprint density at radius 1 is 0.854 bits per heavy atom. The summed E-state index contributed by atoms with van der Waals surface area (Å²) in [5.41, 5.74) is -3.40. The molecule has 15 heteroatoms. The molecule has 3 aromatic carbocycles. The summed E-state index contributed by atoms with van der Waals surface area (Å²) in [6.07, 6.45) is -9.81. The molecule has 0 atom stereocenters. The third-order valence-corrected chi connectivity index (χ3v) is 8.36. The van der Waals surface area contributed by atoms with Gasteiger partial charge in [-0.05, 0) is 53.9 Å². The largest absolute Gasteiger partial charge is 0.496 e. The van der Waals surface area contributed by atoms with Crippen molar-refractivity contribution in [1.29, 1.82) is 0 Å². The zero-order valence-electron chi connectivity index (χ0n) is 26.2. The lowest BCUT2D eigenvalue weighted by atomic mass is 9.84. The highest BCUT2D eigenvalue weighted by Gasteiger charge is 2.38. The number of methoxy groups -OCH3 is 1. The van der Waals surface area contributed by atoms with E-state index >= 15 is 0 Å². The summed E-state index contributed by atoms with van der Waals surface area (Å²) in [6.45, 7) is 8.98. The molecular formula is C33H30F7N3O4S. The number of hydrogen-bond acceptors (Lipinski definition) is 5. The Balaban J connectivity index is 0.00000255. The topological polar surface area (TPSA) is 87.7 Å². The van der Waals surface area contributed by atoms with E-state index in [0.717, 1.165) is 24.3 Å². The highest BCUT2D eigenvalue weighted by molar-refractivity contribution is 7.21. The second-order valence-corrected chi connectivity index (χ2v) is 12.4. The van der Waals surface area contributed by atoms with Gasteiger partial charge >= 0.3 is 12.4 Å². The Kier molecular flexibility index (Phi) is 10.1. The van der Waals surface area contributed by atoms with Crippen LogP contribution in [0.4, 0.5) is 42.1 Å². The lowest BCUT2D eigenvalue weighted by Crippen LogP contribution is -2.55. The average Bonchev–Trinajstić information content (AvgIpc) is 3.37. The number of carbonyl (C=O) groups excluding carboxylic acids is 3. The number of alkyl halides is 6. The van der Waals surface area contributed by atoms with E-state index in [1.165, 1.54) is 25.3 Å². The van der Waals surface area contributed by atoms with Crippen LogP contribution in [0.25, 0.3) is 10.1 Å². The van der Waals surface area contributed by atoms with Crippen LogP contribution in [0, 0.1) is 11.2 Å². The van der Waals surface area contributed by atoms with Crippen LogP contribution in [0.3, 0.4) is 0 Å². The van der Waals surface area contributed by atoms with Crippen molar-refractivity contribution in [1.82, 2.24) is 4.90 Å². The maximum Gasteiger partial charge on any atom is 0.419 e. The number of fused-ring (bicyclic) bond motifs is 1. The Morgan fingerprint density at radius 2 is 1.52 bits per heavy atom. The van der Waals surface area contributed by atoms with Gasteiger partial charge in [-0.15, -0.1) is 11.3 Å². The van der Waals surface area contributed by atoms with E-state index in [-0.39, 0.29) is 48.8 Å². The van der Waals surface area contributed by atoms with Crippen molar-refractivity contribution >= 4 is 50.5 Å². The number of carbonyl (C=O) groups is 3. The number of halogens is 7. The van der Waals surface area contributed by atoms with E-state index in [9.17, 15) is 45.1 Å². The minimum Gasteiger partial charge on any atom is -0.496 e. The van der Waals surface area contributed by atoms with Crippen molar-refractivity contribution in [2.24, 2.45) is 5.41 Å². The summed E-state index contributed by atoms with van der Waals surface area (Å²) in [5.74, 6) is -3.83. The van der Waals surface area contributed by atoms with Crippen LogP contribution in [0.5, 0.6) is 5.75 Å². The molecule has 1 aliphatic heterocycles. The van der Waals surface area contributed by atoms with E-state index in [0.29, 0.717) is 36.6 Å². The molecule has 7 nitrogen and oxygen atoms in total. The average molecular weight is 698 g/mol. The van der Waals surface area contributed by atoms with Crippen LogP contribution in [0.15, 0.2) is 54.6 Å². The molecule has 0 unspecified atom stereocenters. The number of thiophene rings is 1. The second kappa shape index (κ2) is 13.5. The summed E-state index contributed by atoms with van der Waals surface area (Å²) in [7, 11) is 1.28. The van der Waals surface area contributed by atoms with Crippen LogP contribution in [-0.4, -0.2) is 42.8 Å². The second-order valence-electron chi connectivity index (χ2n) is 11.4. The van der Waals surface area contributed by atoms with E-state index in [2.05, 4.69) is 10.6 Å². The van der Waals surface area contributed by atoms with Crippen molar-refractivity contribution in [3.8, 4) is 5.75 Å². The van der Waals surface area contributed by atoms with Crippen molar-refractivity contribution in [2.45, 2.75) is 40.0 Å². The SMILES string of the molecule is CC.COc1ccc(C(=O)N2CC(C)(C)C2)cc1C(=O)Nc1c(C(=O)Nc2ccc(F)c(C(F)(F)F)c2)sc2cc(C(F)(F)F)ccc12. The number of rotatable bonds is 6. The lowest BCUT2D eigenvalue weighted by molar-refractivity contribution is -0.140. The first-order chi connectivity index (χ1) is 22.4. The first-order valence-corrected chi connectivity index (χ1v) is 15.3. The molecule has 0 radical (unpaired) electrons. The van der Waals surface area contributed by atoms with Gasteiger partial charge in [-0.1, -0.05) is 33.8 Å². The zero-order chi connectivity index (χ0) is 35.8. The summed E-state index contributed by atoms with van der Waals surface area (Å²) in [4.78, 5) is 41.3. The highest BCUT2D eigenvalue weighted by Crippen LogP contribution is 2.41. The number of hydrogen-bond donors (Lipinski definition) is 2. The molecule has 5 rings (SSSR count). The molecule has 1 fully saturated rings. The molecule has 4 aromatic rings. The van der Waals surface area contributed by atoms with E-state index < -0.39 is 46.8 Å². The third kappa shape index (κ3) is 7.56. The lowest BCUT2D eigenvalue weighted by Gasteiger charge is -2.45. The van der Waals surface area contributed by atoms with E-state index in [4.69, 9.17) is 4.74 Å². The minimum absolute atomic E-state index is 0.0283. The van der Waals surface area contributed by atoms with Crippen molar-refractivity contribution < 1.29 is 49.9 Å². The summed E-state index contributed by atoms with van der Waals surface area (Å²) >= 11 is 0.549. The van der Waals surface area contributed by atoms with E-state index in [1.54, 1.807) is 4.90 Å². The number of likely N-dealkylation sites (tertiary alicyclic amines) is 1. The van der Waals surface area contributed by atoms with Gasteiger partial charge in [-0.2, -0.15) is 26.3 Å². The normalized spacial score (nSPS) is 14.0. The number of benzene rings is 3. The Hall–Kier alpha value is -4.66. The van der Waals surface area contributed by atoms with Gasteiger partial charge in [0, 0.05) is 34.4 Å². The first kappa shape index (κ1) is 36.2. The standard InChI is InChI=1S/C31H24F7N3O4S.C2H6/c1-29(2)13-41(14-29)28(44)15-4-9-22(45-3)19(10-15)26(42)40-24-18-7-5-16(30(33,34)35)11-23(18)46-25(24)27(43)39-17-6-8-21(32)20(12-17)31(36,37)38;1-2/h4-12H,13-14H2,1-3H3,(H,39,43)(H,40,42);1-2H3. The molecule has 0 aliphatic carbocycles. The van der Waals surface area contributed by atoms with Gasteiger partial charge in [-0.25, -0.2) is 4.39 Å². The predicted molar refractivity (Wildman–Crippen MR) is 168 cm³/mol. The molecule has 3 amide bonds. The Labute approximate surface area is 274 Å². The number of amides is 3. The maximum atomic E-state index is 13.8. The Bertz CT molecular complexity index is 1880. The van der Waals surface area contributed by atoms with E-state index in [1.807, 2.05) is 27.7 Å². The predicted octanol–water partition coefficient (Wildman–Crippen LogP) is 9.10. The fourth-order valence-electron chi connectivity index (χ4n) is 5.08. The molecule has 1 aromatic heterocycles. The molecule has 1 aliphatic rings. The molecule has 48 heavy (non-hydrogen) atoms. The van der Waals surface area contributed by atoms with Crippen LogP contribution in [-0.2, 0) is 12.4 Å². The smallest absolute Gasteiger partial charge is 0.419 e. The molecule has 2 heterocycles. The molecule has 0 saturated carbocycles. The minimum atomic E-state index is -5.07. The van der Waals surface area contributed by atoms with Gasteiger partial charge in [0.1, 0.15) is 16.4 Å². The van der Waals surface area contributed by atoms with Gasteiger partial charge in [0.15, 0.2) is 0 Å². The third-order valence-electron chi connectivity index (χ3n) is 7.21. The summed E-state index contributed by atoms with van der Waals surface area (Å²) < 4.78 is 99.2. The van der Waals surface area contributed by atoms with Crippen molar-refractivity contribution in [3.63, 3.8) is 0 Å². The number of ether oxygens (including phenoxy) is 1. The van der Waals surface area contributed by atoms with Crippen LogP contribution in [0.2, 0.25) is 0 Å². The summed E-state index contributed by atoms with van der Waals surface area (Å²) in [6, 6.07) is 8.46. The van der Waals surface area contributed by atoms with Crippen LogP contribution < -0.4 is 15.4 Å². The molecular weight excluding hydrogens is 667 g/mol. The van der Waals surface area contributed by atoms with Crippen LogP contribution >= 0.6 is 11.3 Å². The van der Waals surface area contributed by atoms with Gasteiger partial charge in [0.2, 0.25) is 0 Å². The van der Waals surface area contributed by atoms with Crippen molar-refractivity contribution in [2.75, 3.05) is 30.8 Å². The summed E-state index contributed by atoms with van der Waals surface area (Å²) in [5, 5.41) is 4.74. The molecule has 256 valence electrons.